The van der Waals surface area contributed by atoms with Crippen LogP contribution in [0.4, 0.5) is 0 Å². The number of nitroso groups, excluding NO2 is 1. The van der Waals surface area contributed by atoms with Crippen LogP contribution in [0.3, 0.4) is 0 Å². The highest BCUT2D eigenvalue weighted by atomic mass is 32.2. The number of carbonyl (C=O) groups is 1. The standard InChI is InChI=1S/C4H7NO2S/c1-4(2-6)3-8-5-7/h2,4H,3H2,1H3. The van der Waals surface area contributed by atoms with Gasteiger partial charge in [0.15, 0.2) is 0 Å². The molecule has 0 aliphatic rings. The molecule has 4 heteroatoms. The van der Waals surface area contributed by atoms with E-state index in [1.807, 2.05) is 0 Å². The van der Waals surface area contributed by atoms with Gasteiger partial charge in [0.2, 0.25) is 0 Å². The van der Waals surface area contributed by atoms with E-state index in [1.165, 1.54) is 0 Å². The minimum absolute atomic E-state index is 0.0577. The highest BCUT2D eigenvalue weighted by Crippen LogP contribution is 2.05. The van der Waals surface area contributed by atoms with Gasteiger partial charge in [-0.2, -0.15) is 0 Å². The van der Waals surface area contributed by atoms with Crippen molar-refractivity contribution in [3.63, 3.8) is 0 Å². The Labute approximate surface area is 51.9 Å². The third-order valence-electron chi connectivity index (χ3n) is 0.622. The van der Waals surface area contributed by atoms with Gasteiger partial charge in [-0.15, -0.1) is 4.91 Å². The number of aldehydes is 1. The Hall–Kier alpha value is -0.380. The second-order valence-electron chi connectivity index (χ2n) is 1.48. The van der Waals surface area contributed by atoms with Crippen molar-refractivity contribution >= 4 is 18.2 Å². The average Bonchev–Trinajstić information content (AvgIpc) is 1.83. The lowest BCUT2D eigenvalue weighted by Gasteiger charge is -1.92. The molecule has 0 aliphatic carbocycles. The quantitative estimate of drug-likeness (QED) is 0.329. The van der Waals surface area contributed by atoms with Crippen LogP contribution in [0.1, 0.15) is 6.92 Å². The summed E-state index contributed by atoms with van der Waals surface area (Å²) in [5, 5.41) is 0. The molecule has 0 heterocycles. The first kappa shape index (κ1) is 7.62. The van der Waals surface area contributed by atoms with E-state index in [0.717, 1.165) is 18.2 Å². The zero-order valence-corrected chi connectivity index (χ0v) is 5.35. The van der Waals surface area contributed by atoms with E-state index in [4.69, 9.17) is 0 Å². The van der Waals surface area contributed by atoms with Crippen LogP contribution in [0.5, 0.6) is 0 Å². The van der Waals surface area contributed by atoms with Crippen LogP contribution in [0, 0.1) is 10.8 Å². The Bertz CT molecular complexity index is 86.1. The first-order chi connectivity index (χ1) is 3.81. The van der Waals surface area contributed by atoms with Gasteiger partial charge >= 0.3 is 0 Å². The molecule has 0 saturated heterocycles. The molecule has 0 rings (SSSR count). The minimum atomic E-state index is -0.0577. The van der Waals surface area contributed by atoms with Crippen LogP contribution < -0.4 is 0 Å². The predicted octanol–water partition coefficient (Wildman–Crippen LogP) is 1.24. The van der Waals surface area contributed by atoms with Crippen LogP contribution in [0.25, 0.3) is 0 Å². The Morgan fingerprint density at radius 3 is 2.88 bits per heavy atom. The highest BCUT2D eigenvalue weighted by molar-refractivity contribution is 7.97. The zero-order valence-electron chi connectivity index (χ0n) is 4.53. The summed E-state index contributed by atoms with van der Waals surface area (Å²) in [5.41, 5.74) is 0. The van der Waals surface area contributed by atoms with E-state index in [2.05, 4.69) is 4.58 Å². The first-order valence-electron chi connectivity index (χ1n) is 2.21. The number of rotatable bonds is 4. The van der Waals surface area contributed by atoms with Gasteiger partial charge in [-0.05, 0) is 0 Å². The summed E-state index contributed by atoms with van der Waals surface area (Å²) in [4.78, 5) is 19.3. The van der Waals surface area contributed by atoms with Gasteiger partial charge in [0, 0.05) is 28.2 Å². The third kappa shape index (κ3) is 3.80. The SMILES string of the molecule is CC(C=O)CSN=O. The van der Waals surface area contributed by atoms with E-state index in [1.54, 1.807) is 6.92 Å². The Balaban J connectivity index is 3.09. The van der Waals surface area contributed by atoms with Crippen molar-refractivity contribution in [3.05, 3.63) is 4.91 Å². The summed E-state index contributed by atoms with van der Waals surface area (Å²) in [5.74, 6) is 0.435. The summed E-state index contributed by atoms with van der Waals surface area (Å²) in [6, 6.07) is 0. The maximum Gasteiger partial charge on any atom is 0.123 e. The maximum atomic E-state index is 9.85. The van der Waals surface area contributed by atoms with Gasteiger partial charge < -0.3 is 4.79 Å². The monoisotopic (exact) mass is 133 g/mol. The molecule has 0 aromatic heterocycles. The molecule has 0 amide bonds. The molecule has 0 spiro atoms. The second-order valence-corrected chi connectivity index (χ2v) is 2.22. The fourth-order valence-corrected chi connectivity index (χ4v) is 0.562. The molecule has 8 heavy (non-hydrogen) atoms. The fraction of sp³-hybridized carbons (Fsp3) is 0.750. The van der Waals surface area contributed by atoms with Gasteiger partial charge in [-0.1, -0.05) is 6.92 Å². The van der Waals surface area contributed by atoms with Crippen molar-refractivity contribution in [1.82, 2.24) is 0 Å². The minimum Gasteiger partial charge on any atom is -0.303 e. The molecule has 3 nitrogen and oxygen atoms in total. The summed E-state index contributed by atoms with van der Waals surface area (Å²) < 4.78 is 2.53. The van der Waals surface area contributed by atoms with Crippen LogP contribution in [-0.4, -0.2) is 12.0 Å². The van der Waals surface area contributed by atoms with Gasteiger partial charge in [0.1, 0.15) is 6.29 Å². The van der Waals surface area contributed by atoms with Gasteiger partial charge in [-0.25, -0.2) is 0 Å². The van der Waals surface area contributed by atoms with E-state index in [9.17, 15) is 9.70 Å². The van der Waals surface area contributed by atoms with Crippen LogP contribution >= 0.6 is 11.9 Å². The van der Waals surface area contributed by atoms with Crippen molar-refractivity contribution < 1.29 is 4.79 Å². The number of hydrogen-bond donors (Lipinski definition) is 0. The van der Waals surface area contributed by atoms with Crippen molar-refractivity contribution in [2.75, 3.05) is 5.75 Å². The van der Waals surface area contributed by atoms with E-state index < -0.39 is 0 Å². The van der Waals surface area contributed by atoms with E-state index in [-0.39, 0.29) is 5.92 Å². The Morgan fingerprint density at radius 2 is 2.50 bits per heavy atom. The van der Waals surface area contributed by atoms with E-state index in [0.29, 0.717) is 5.75 Å². The number of nitrogens with zero attached hydrogens (tertiary/aromatic N) is 1. The maximum absolute atomic E-state index is 9.85. The van der Waals surface area contributed by atoms with E-state index >= 15 is 0 Å². The molecule has 46 valence electrons. The van der Waals surface area contributed by atoms with Crippen molar-refractivity contribution in [2.45, 2.75) is 6.92 Å². The topological polar surface area (TPSA) is 46.5 Å². The normalized spacial score (nSPS) is 12.6. The first-order valence-corrected chi connectivity index (χ1v) is 3.15. The summed E-state index contributed by atoms with van der Waals surface area (Å²) >= 11 is 0.879. The number of carbonyl (C=O) groups excluding carboxylic acids is 1. The average molecular weight is 133 g/mol. The Kier molecular flexibility index (Phi) is 4.54. The lowest BCUT2D eigenvalue weighted by Crippen LogP contribution is -1.96. The smallest absolute Gasteiger partial charge is 0.123 e. The second kappa shape index (κ2) is 4.77. The highest BCUT2D eigenvalue weighted by Gasteiger charge is 1.97. The summed E-state index contributed by atoms with van der Waals surface area (Å²) in [6.45, 7) is 1.74. The van der Waals surface area contributed by atoms with Crippen LogP contribution in [0.15, 0.2) is 4.58 Å². The molecule has 0 bridgehead atoms. The van der Waals surface area contributed by atoms with Crippen LogP contribution in [-0.2, 0) is 4.79 Å². The third-order valence-corrected chi connectivity index (χ3v) is 1.40. The van der Waals surface area contributed by atoms with Crippen LogP contribution in [0.2, 0.25) is 0 Å². The van der Waals surface area contributed by atoms with Crippen molar-refractivity contribution in [3.8, 4) is 0 Å². The molecular formula is C4H7NO2S. The Morgan fingerprint density at radius 1 is 1.88 bits per heavy atom. The molecule has 0 aliphatic heterocycles. The molecule has 0 saturated carbocycles. The van der Waals surface area contributed by atoms with Gasteiger partial charge in [0.05, 0.1) is 0 Å². The lowest BCUT2D eigenvalue weighted by atomic mass is 10.3. The zero-order chi connectivity index (χ0) is 6.41. The van der Waals surface area contributed by atoms with Crippen molar-refractivity contribution in [1.29, 1.82) is 0 Å². The van der Waals surface area contributed by atoms with Gasteiger partial charge in [0.25, 0.3) is 0 Å². The summed E-state index contributed by atoms with van der Waals surface area (Å²) in [7, 11) is 0. The molecule has 0 aromatic rings. The predicted molar refractivity (Wildman–Crippen MR) is 33.5 cm³/mol. The molecule has 1 unspecified atom stereocenters. The molecule has 1 atom stereocenters. The molecular weight excluding hydrogens is 126 g/mol. The molecule has 0 fully saturated rings. The largest absolute Gasteiger partial charge is 0.303 e. The lowest BCUT2D eigenvalue weighted by molar-refractivity contribution is -0.110. The molecule has 0 radical (unpaired) electrons. The summed E-state index contributed by atoms with van der Waals surface area (Å²) in [6.07, 6.45) is 0.804. The van der Waals surface area contributed by atoms with Gasteiger partial charge in [-0.3, -0.25) is 0 Å². The van der Waals surface area contributed by atoms with Crippen molar-refractivity contribution in [2.24, 2.45) is 10.5 Å². The number of hydrogen-bond acceptors (Lipinski definition) is 4. The molecule has 0 N–H and O–H groups in total. The fourth-order valence-electron chi connectivity index (χ4n) is 0.187. The molecule has 0 aromatic carbocycles.